The molecule has 0 spiro atoms. The van der Waals surface area contributed by atoms with Crippen LogP contribution in [-0.2, 0) is 16.0 Å². The molecule has 0 aliphatic carbocycles. The number of nitrogens with one attached hydrogen (secondary N) is 1. The topological polar surface area (TPSA) is 94.9 Å². The minimum absolute atomic E-state index is 0.00639. The van der Waals surface area contributed by atoms with Gasteiger partial charge in [0, 0.05) is 62.6 Å². The Labute approximate surface area is 210 Å². The summed E-state index contributed by atoms with van der Waals surface area (Å²) in [5.74, 6) is 0.431. The van der Waals surface area contributed by atoms with E-state index in [0.717, 1.165) is 48.2 Å². The van der Waals surface area contributed by atoms with E-state index in [4.69, 9.17) is 14.2 Å². The molecule has 1 amide bonds. The Morgan fingerprint density at radius 3 is 2.47 bits per heavy atom. The summed E-state index contributed by atoms with van der Waals surface area (Å²) >= 11 is 0. The van der Waals surface area contributed by atoms with E-state index >= 15 is 0 Å². The standard InChI is InChI=1S/C27H32N4O5/c1-34-23-4-2-19(3-5-23)21-16-20-17-24(26(32)29-22-6-12-35-13-7-22)27(33)31(25(20)28-18-21)9-8-30-10-14-36-15-11-30/h2-5,16-18,22H,6-15H2,1H3,(H,29,32). The van der Waals surface area contributed by atoms with Crippen LogP contribution in [0.4, 0.5) is 0 Å². The summed E-state index contributed by atoms with van der Waals surface area (Å²) in [5.41, 5.74) is 2.28. The Morgan fingerprint density at radius 2 is 1.75 bits per heavy atom. The molecule has 0 unspecified atom stereocenters. The Kier molecular flexibility index (Phi) is 7.60. The van der Waals surface area contributed by atoms with Gasteiger partial charge < -0.3 is 19.5 Å². The molecule has 1 aromatic carbocycles. The number of amides is 1. The van der Waals surface area contributed by atoms with Gasteiger partial charge in [-0.1, -0.05) is 12.1 Å². The van der Waals surface area contributed by atoms with Crippen molar-refractivity contribution in [1.29, 1.82) is 0 Å². The van der Waals surface area contributed by atoms with Gasteiger partial charge >= 0.3 is 0 Å². The van der Waals surface area contributed by atoms with Crippen molar-refractivity contribution in [2.75, 3.05) is 53.2 Å². The molecule has 9 heteroatoms. The van der Waals surface area contributed by atoms with Crippen LogP contribution in [0.1, 0.15) is 23.2 Å². The number of hydrogen-bond acceptors (Lipinski definition) is 7. The second-order valence-corrected chi connectivity index (χ2v) is 9.19. The number of benzene rings is 1. The second kappa shape index (κ2) is 11.2. The molecule has 9 nitrogen and oxygen atoms in total. The van der Waals surface area contributed by atoms with E-state index in [1.807, 2.05) is 30.3 Å². The van der Waals surface area contributed by atoms with Crippen LogP contribution in [-0.4, -0.2) is 79.6 Å². The SMILES string of the molecule is COc1ccc(-c2cnc3c(c2)cc(C(=O)NC2CCOCC2)c(=O)n3CCN2CCOCC2)cc1. The summed E-state index contributed by atoms with van der Waals surface area (Å²) in [7, 11) is 1.63. The van der Waals surface area contributed by atoms with Gasteiger partial charge in [0.1, 0.15) is 17.0 Å². The normalized spacial score (nSPS) is 17.2. The minimum Gasteiger partial charge on any atom is -0.497 e. The third-order valence-electron chi connectivity index (χ3n) is 6.89. The lowest BCUT2D eigenvalue weighted by molar-refractivity contribution is 0.0364. The van der Waals surface area contributed by atoms with Gasteiger partial charge in [0.2, 0.25) is 0 Å². The fourth-order valence-corrected chi connectivity index (χ4v) is 4.75. The Balaban J connectivity index is 1.51. The van der Waals surface area contributed by atoms with E-state index in [2.05, 4.69) is 15.2 Å². The Morgan fingerprint density at radius 1 is 1.03 bits per heavy atom. The van der Waals surface area contributed by atoms with Crippen LogP contribution in [0.2, 0.25) is 0 Å². The summed E-state index contributed by atoms with van der Waals surface area (Å²) in [4.78, 5) is 33.7. The average Bonchev–Trinajstić information content (AvgIpc) is 2.93. The predicted molar refractivity (Wildman–Crippen MR) is 137 cm³/mol. The van der Waals surface area contributed by atoms with Gasteiger partial charge in [0.05, 0.1) is 20.3 Å². The van der Waals surface area contributed by atoms with Crippen molar-refractivity contribution >= 4 is 16.9 Å². The number of rotatable bonds is 7. The maximum atomic E-state index is 13.5. The van der Waals surface area contributed by atoms with Crippen LogP contribution in [0, 0.1) is 0 Å². The number of morpholine rings is 1. The first-order valence-corrected chi connectivity index (χ1v) is 12.5. The number of hydrogen-bond donors (Lipinski definition) is 1. The molecule has 1 N–H and O–H groups in total. The molecular formula is C27H32N4O5. The Hall–Kier alpha value is -3.27. The van der Waals surface area contributed by atoms with Crippen LogP contribution in [0.25, 0.3) is 22.2 Å². The van der Waals surface area contributed by atoms with E-state index in [0.29, 0.717) is 45.2 Å². The molecule has 36 heavy (non-hydrogen) atoms. The van der Waals surface area contributed by atoms with Crippen LogP contribution in [0.15, 0.2) is 47.4 Å². The van der Waals surface area contributed by atoms with Crippen molar-refractivity contribution < 1.29 is 19.0 Å². The van der Waals surface area contributed by atoms with Gasteiger partial charge in [-0.2, -0.15) is 0 Å². The van der Waals surface area contributed by atoms with Crippen molar-refractivity contribution in [3.8, 4) is 16.9 Å². The molecule has 2 saturated heterocycles. The highest BCUT2D eigenvalue weighted by molar-refractivity contribution is 5.97. The fraction of sp³-hybridized carbons (Fsp3) is 0.444. The number of fused-ring (bicyclic) bond motifs is 1. The lowest BCUT2D eigenvalue weighted by Crippen LogP contribution is -2.43. The molecule has 0 atom stereocenters. The van der Waals surface area contributed by atoms with E-state index in [1.165, 1.54) is 0 Å². The zero-order valence-electron chi connectivity index (χ0n) is 20.6. The van der Waals surface area contributed by atoms with Gasteiger partial charge in [-0.3, -0.25) is 19.1 Å². The Bertz CT molecular complexity index is 1260. The van der Waals surface area contributed by atoms with Gasteiger partial charge in [-0.05, 0) is 42.7 Å². The average molecular weight is 493 g/mol. The largest absolute Gasteiger partial charge is 0.497 e. The highest BCUT2D eigenvalue weighted by Gasteiger charge is 2.22. The van der Waals surface area contributed by atoms with Crippen LogP contribution < -0.4 is 15.6 Å². The van der Waals surface area contributed by atoms with E-state index in [-0.39, 0.29) is 23.1 Å². The van der Waals surface area contributed by atoms with E-state index in [9.17, 15) is 9.59 Å². The molecule has 2 aliphatic rings. The maximum absolute atomic E-state index is 13.5. The lowest BCUT2D eigenvalue weighted by Gasteiger charge is -2.27. The first-order valence-electron chi connectivity index (χ1n) is 12.5. The third-order valence-corrected chi connectivity index (χ3v) is 6.89. The van der Waals surface area contributed by atoms with Gasteiger partial charge in [-0.25, -0.2) is 4.98 Å². The smallest absolute Gasteiger partial charge is 0.265 e. The number of carbonyl (C=O) groups is 1. The second-order valence-electron chi connectivity index (χ2n) is 9.19. The molecule has 0 radical (unpaired) electrons. The molecule has 0 saturated carbocycles. The van der Waals surface area contributed by atoms with E-state index in [1.54, 1.807) is 23.9 Å². The van der Waals surface area contributed by atoms with Crippen LogP contribution >= 0.6 is 0 Å². The quantitative estimate of drug-likeness (QED) is 0.541. The van der Waals surface area contributed by atoms with Crippen molar-refractivity contribution in [3.63, 3.8) is 0 Å². The highest BCUT2D eigenvalue weighted by atomic mass is 16.5. The zero-order valence-corrected chi connectivity index (χ0v) is 20.6. The van der Waals surface area contributed by atoms with Crippen LogP contribution in [0.3, 0.4) is 0 Å². The molecule has 4 heterocycles. The van der Waals surface area contributed by atoms with Crippen molar-refractivity contribution in [2.24, 2.45) is 0 Å². The first-order chi connectivity index (χ1) is 17.6. The summed E-state index contributed by atoms with van der Waals surface area (Å²) in [6.45, 7) is 5.38. The maximum Gasteiger partial charge on any atom is 0.265 e. The van der Waals surface area contributed by atoms with Crippen molar-refractivity contribution in [2.45, 2.75) is 25.4 Å². The highest BCUT2D eigenvalue weighted by Crippen LogP contribution is 2.25. The molecule has 2 aliphatic heterocycles. The number of nitrogens with zero attached hydrogens (tertiary/aromatic N) is 3. The molecule has 2 fully saturated rings. The minimum atomic E-state index is -0.344. The fourth-order valence-electron chi connectivity index (χ4n) is 4.75. The van der Waals surface area contributed by atoms with Crippen molar-refractivity contribution in [1.82, 2.24) is 19.8 Å². The van der Waals surface area contributed by atoms with Crippen molar-refractivity contribution in [3.05, 3.63) is 58.5 Å². The summed E-state index contributed by atoms with van der Waals surface area (Å²) in [6.07, 6.45) is 3.26. The van der Waals surface area contributed by atoms with Gasteiger partial charge in [-0.15, -0.1) is 0 Å². The number of pyridine rings is 2. The lowest BCUT2D eigenvalue weighted by atomic mass is 10.0. The van der Waals surface area contributed by atoms with E-state index < -0.39 is 0 Å². The number of carbonyl (C=O) groups excluding carboxylic acids is 1. The molecule has 2 aromatic heterocycles. The number of ether oxygens (including phenoxy) is 3. The predicted octanol–water partition coefficient (Wildman–Crippen LogP) is 2.31. The zero-order chi connectivity index (χ0) is 24.9. The third kappa shape index (κ3) is 5.43. The van der Waals surface area contributed by atoms with Gasteiger partial charge in [0.25, 0.3) is 11.5 Å². The molecular weight excluding hydrogens is 460 g/mol. The molecule has 0 bridgehead atoms. The number of methoxy groups -OCH3 is 1. The summed E-state index contributed by atoms with van der Waals surface area (Å²) in [6, 6.07) is 11.4. The molecule has 190 valence electrons. The number of aromatic nitrogens is 2. The summed E-state index contributed by atoms with van der Waals surface area (Å²) < 4.78 is 17.8. The summed E-state index contributed by atoms with van der Waals surface area (Å²) in [5, 5.41) is 3.79. The molecule has 5 rings (SSSR count). The molecule has 3 aromatic rings. The van der Waals surface area contributed by atoms with Crippen LogP contribution in [0.5, 0.6) is 5.75 Å². The van der Waals surface area contributed by atoms with Gasteiger partial charge in [0.15, 0.2) is 0 Å². The monoisotopic (exact) mass is 492 g/mol. The first kappa shape index (κ1) is 24.4.